The molecule has 1 saturated carbocycles. The van der Waals surface area contributed by atoms with Gasteiger partial charge >= 0.3 is 6.03 Å². The van der Waals surface area contributed by atoms with Crippen LogP contribution in [0.3, 0.4) is 0 Å². The van der Waals surface area contributed by atoms with Crippen LogP contribution in [0.1, 0.15) is 30.8 Å². The molecule has 5 heteroatoms. The van der Waals surface area contributed by atoms with Crippen molar-refractivity contribution in [2.45, 2.75) is 25.8 Å². The minimum atomic E-state index is -0.180. The lowest BCUT2D eigenvalue weighted by Gasteiger charge is -2.16. The van der Waals surface area contributed by atoms with E-state index in [4.69, 9.17) is 4.42 Å². The minimum absolute atomic E-state index is 0.180. The molecule has 110 valence electrons. The zero-order chi connectivity index (χ0) is 14.8. The first-order chi connectivity index (χ1) is 10.1. The molecule has 2 unspecified atom stereocenters. The summed E-state index contributed by atoms with van der Waals surface area (Å²) in [7, 11) is 1.74. The van der Waals surface area contributed by atoms with E-state index in [0.29, 0.717) is 18.2 Å². The highest BCUT2D eigenvalue weighted by atomic mass is 16.3. The van der Waals surface area contributed by atoms with Crippen LogP contribution in [-0.4, -0.2) is 23.0 Å². The Morgan fingerprint density at radius 3 is 2.95 bits per heavy atom. The summed E-state index contributed by atoms with van der Waals surface area (Å²) < 4.78 is 5.81. The molecule has 0 radical (unpaired) electrons. The first-order valence-electron chi connectivity index (χ1n) is 7.14. The number of urea groups is 1. The van der Waals surface area contributed by atoms with Crippen LogP contribution in [0, 0.1) is 5.92 Å². The minimum Gasteiger partial charge on any atom is -0.464 e. The van der Waals surface area contributed by atoms with Crippen LogP contribution in [0.5, 0.6) is 0 Å². The molecule has 2 aromatic heterocycles. The van der Waals surface area contributed by atoms with Crippen molar-refractivity contribution in [3.63, 3.8) is 0 Å². The van der Waals surface area contributed by atoms with E-state index in [1.54, 1.807) is 36.5 Å². The van der Waals surface area contributed by atoms with Gasteiger partial charge in [-0.05, 0) is 36.6 Å². The van der Waals surface area contributed by atoms with E-state index in [-0.39, 0.29) is 6.03 Å². The highest BCUT2D eigenvalue weighted by Crippen LogP contribution is 2.47. The van der Waals surface area contributed by atoms with E-state index in [2.05, 4.69) is 17.2 Å². The van der Waals surface area contributed by atoms with Crippen molar-refractivity contribution >= 4 is 11.7 Å². The molecule has 0 saturated heterocycles. The molecule has 1 fully saturated rings. The average Bonchev–Trinajstić information content (AvgIpc) is 3.03. The van der Waals surface area contributed by atoms with E-state index in [0.717, 1.165) is 17.4 Å². The number of nitrogens with one attached hydrogen (secondary N) is 1. The number of hydrogen-bond acceptors (Lipinski definition) is 3. The first kappa shape index (κ1) is 13.7. The fraction of sp³-hybridized carbons (Fsp3) is 0.375. The maximum absolute atomic E-state index is 12.1. The fourth-order valence-corrected chi connectivity index (χ4v) is 2.36. The molecule has 5 nitrogen and oxygen atoms in total. The van der Waals surface area contributed by atoms with Gasteiger partial charge in [-0.15, -0.1) is 0 Å². The third kappa shape index (κ3) is 3.24. The van der Waals surface area contributed by atoms with Gasteiger partial charge in [0.25, 0.3) is 0 Å². The van der Waals surface area contributed by atoms with Crippen molar-refractivity contribution in [2.75, 3.05) is 12.4 Å². The summed E-state index contributed by atoms with van der Waals surface area (Å²) >= 11 is 0. The van der Waals surface area contributed by atoms with E-state index < -0.39 is 0 Å². The number of furan rings is 1. The van der Waals surface area contributed by atoms with Gasteiger partial charge in [0.15, 0.2) is 0 Å². The summed E-state index contributed by atoms with van der Waals surface area (Å²) in [6, 6.07) is 7.38. The van der Waals surface area contributed by atoms with Gasteiger partial charge in [0.2, 0.25) is 0 Å². The Morgan fingerprint density at radius 2 is 2.29 bits per heavy atom. The second-order valence-electron chi connectivity index (χ2n) is 5.65. The average molecular weight is 285 g/mol. The van der Waals surface area contributed by atoms with Crippen LogP contribution >= 0.6 is 0 Å². The van der Waals surface area contributed by atoms with Crippen LogP contribution in [-0.2, 0) is 6.54 Å². The topological polar surface area (TPSA) is 58.4 Å². The number of anilines is 1. The molecular weight excluding hydrogens is 266 g/mol. The van der Waals surface area contributed by atoms with E-state index in [1.165, 1.54) is 6.42 Å². The predicted molar refractivity (Wildman–Crippen MR) is 80.0 cm³/mol. The van der Waals surface area contributed by atoms with Gasteiger partial charge in [-0.1, -0.05) is 6.92 Å². The molecule has 2 atom stereocenters. The second kappa shape index (κ2) is 5.60. The van der Waals surface area contributed by atoms with Gasteiger partial charge in [0.05, 0.1) is 18.4 Å². The molecule has 1 N–H and O–H groups in total. The zero-order valence-electron chi connectivity index (χ0n) is 12.2. The quantitative estimate of drug-likeness (QED) is 0.935. The number of carbonyl (C=O) groups excluding carboxylic acids is 1. The molecule has 1 aliphatic rings. The van der Waals surface area contributed by atoms with Crippen molar-refractivity contribution in [3.05, 3.63) is 48.2 Å². The zero-order valence-corrected chi connectivity index (χ0v) is 12.2. The Morgan fingerprint density at radius 1 is 1.48 bits per heavy atom. The molecule has 2 aromatic rings. The summed E-state index contributed by atoms with van der Waals surface area (Å²) in [4.78, 5) is 17.6. The Labute approximate surface area is 124 Å². The Bertz CT molecular complexity index is 623. The van der Waals surface area contributed by atoms with Crippen molar-refractivity contribution in [2.24, 2.45) is 5.92 Å². The third-order valence-electron chi connectivity index (χ3n) is 3.81. The molecular formula is C16H19N3O2. The Kier molecular flexibility index (Phi) is 3.64. The first-order valence-corrected chi connectivity index (χ1v) is 7.14. The smallest absolute Gasteiger partial charge is 0.322 e. The molecule has 0 aromatic carbocycles. The van der Waals surface area contributed by atoms with Crippen LogP contribution in [0.25, 0.3) is 0 Å². The summed E-state index contributed by atoms with van der Waals surface area (Å²) in [5.74, 6) is 3.13. The molecule has 21 heavy (non-hydrogen) atoms. The molecule has 3 rings (SSSR count). The van der Waals surface area contributed by atoms with Gasteiger partial charge < -0.3 is 14.6 Å². The number of pyridine rings is 1. The fourth-order valence-electron chi connectivity index (χ4n) is 2.36. The normalized spacial score (nSPS) is 20.1. The van der Waals surface area contributed by atoms with Gasteiger partial charge in [0, 0.05) is 19.2 Å². The van der Waals surface area contributed by atoms with Gasteiger partial charge in [0.1, 0.15) is 11.5 Å². The lowest BCUT2D eigenvalue weighted by atomic mass is 10.3. The second-order valence-corrected chi connectivity index (χ2v) is 5.65. The maximum atomic E-state index is 12.1. The van der Waals surface area contributed by atoms with E-state index >= 15 is 0 Å². The van der Waals surface area contributed by atoms with E-state index in [1.807, 2.05) is 12.1 Å². The predicted octanol–water partition coefficient (Wildman–Crippen LogP) is 3.46. The van der Waals surface area contributed by atoms with E-state index in [9.17, 15) is 4.79 Å². The summed E-state index contributed by atoms with van der Waals surface area (Å²) in [6.07, 6.45) is 4.48. The maximum Gasteiger partial charge on any atom is 0.322 e. The molecule has 2 heterocycles. The Balaban J connectivity index is 1.56. The van der Waals surface area contributed by atoms with Crippen LogP contribution in [0.2, 0.25) is 0 Å². The Hall–Kier alpha value is -2.30. The molecule has 1 aliphatic carbocycles. The number of carbonyl (C=O) groups is 1. The SMILES string of the molecule is CC1CC1c1ccc(CN(C)C(=O)Nc2cccnc2)o1. The van der Waals surface area contributed by atoms with Gasteiger partial charge in [-0.2, -0.15) is 0 Å². The van der Waals surface area contributed by atoms with Crippen molar-refractivity contribution in [1.82, 2.24) is 9.88 Å². The number of aromatic nitrogens is 1. The largest absolute Gasteiger partial charge is 0.464 e. The highest BCUT2D eigenvalue weighted by molar-refractivity contribution is 5.88. The third-order valence-corrected chi connectivity index (χ3v) is 3.81. The summed E-state index contributed by atoms with van der Waals surface area (Å²) in [5.41, 5.74) is 0.682. The number of hydrogen-bond donors (Lipinski definition) is 1. The standard InChI is InChI=1S/C16H19N3O2/c1-11-8-14(11)15-6-5-13(21-15)10-19(2)16(20)18-12-4-3-7-17-9-12/h3-7,9,11,14H,8,10H2,1-2H3,(H,18,20). The lowest BCUT2D eigenvalue weighted by Crippen LogP contribution is -2.30. The van der Waals surface area contributed by atoms with Gasteiger partial charge in [-0.3, -0.25) is 4.98 Å². The molecule has 0 bridgehead atoms. The van der Waals surface area contributed by atoms with Crippen LogP contribution in [0.4, 0.5) is 10.5 Å². The van der Waals surface area contributed by atoms with Crippen molar-refractivity contribution in [3.8, 4) is 0 Å². The number of amides is 2. The summed E-state index contributed by atoms with van der Waals surface area (Å²) in [5, 5.41) is 2.79. The molecule has 0 spiro atoms. The van der Waals surface area contributed by atoms with Crippen LogP contribution in [0.15, 0.2) is 41.1 Å². The highest BCUT2D eigenvalue weighted by Gasteiger charge is 2.36. The number of rotatable bonds is 4. The van der Waals surface area contributed by atoms with Crippen LogP contribution < -0.4 is 5.32 Å². The monoisotopic (exact) mass is 285 g/mol. The molecule has 0 aliphatic heterocycles. The van der Waals surface area contributed by atoms with Gasteiger partial charge in [-0.25, -0.2) is 4.79 Å². The summed E-state index contributed by atoms with van der Waals surface area (Å²) in [6.45, 7) is 2.67. The van der Waals surface area contributed by atoms with Crippen molar-refractivity contribution < 1.29 is 9.21 Å². The number of nitrogens with zero attached hydrogens (tertiary/aromatic N) is 2. The lowest BCUT2D eigenvalue weighted by molar-refractivity contribution is 0.216. The van der Waals surface area contributed by atoms with Crippen molar-refractivity contribution in [1.29, 1.82) is 0 Å². The molecule has 2 amide bonds.